The minimum Gasteiger partial charge on any atom is -0.317 e. The van der Waals surface area contributed by atoms with Gasteiger partial charge in [-0.2, -0.15) is 0 Å². The SMILES string of the molecule is CNC(CCCS(C)(=O)=O)C1CCC(C(C)(C)C)CC1. The number of nitrogens with one attached hydrogen (secondary N) is 1. The fourth-order valence-electron chi connectivity index (χ4n) is 3.57. The number of hydrogen-bond donors (Lipinski definition) is 1. The highest BCUT2D eigenvalue weighted by molar-refractivity contribution is 7.90. The average Bonchev–Trinajstić information content (AvgIpc) is 2.32. The maximum Gasteiger partial charge on any atom is 0.147 e. The summed E-state index contributed by atoms with van der Waals surface area (Å²) in [6, 6.07) is 0.484. The second-order valence-corrected chi connectivity index (χ2v) is 9.90. The van der Waals surface area contributed by atoms with E-state index in [1.165, 1.54) is 31.9 Å². The Morgan fingerprint density at radius 3 is 2.10 bits per heavy atom. The van der Waals surface area contributed by atoms with Crippen LogP contribution in [-0.4, -0.2) is 33.5 Å². The lowest BCUT2D eigenvalue weighted by Crippen LogP contribution is -2.37. The molecule has 0 saturated heterocycles. The van der Waals surface area contributed by atoms with E-state index in [-0.39, 0.29) is 0 Å². The minimum absolute atomic E-state index is 0.322. The maximum absolute atomic E-state index is 11.2. The van der Waals surface area contributed by atoms with Crippen molar-refractivity contribution in [3.05, 3.63) is 0 Å². The van der Waals surface area contributed by atoms with Gasteiger partial charge in [-0.25, -0.2) is 8.42 Å². The summed E-state index contributed by atoms with van der Waals surface area (Å²) in [7, 11) is -0.800. The Labute approximate surface area is 125 Å². The smallest absolute Gasteiger partial charge is 0.147 e. The summed E-state index contributed by atoms with van der Waals surface area (Å²) in [5.74, 6) is 1.88. The van der Waals surface area contributed by atoms with Crippen molar-refractivity contribution in [2.24, 2.45) is 17.3 Å². The first-order chi connectivity index (χ1) is 9.13. The molecule has 0 aliphatic heterocycles. The molecule has 0 aromatic heterocycles. The molecular formula is C16H33NO2S. The summed E-state index contributed by atoms with van der Waals surface area (Å²) in [4.78, 5) is 0. The second kappa shape index (κ2) is 7.26. The summed E-state index contributed by atoms with van der Waals surface area (Å²) in [5.41, 5.74) is 0.427. The molecule has 20 heavy (non-hydrogen) atoms. The van der Waals surface area contributed by atoms with E-state index in [1.807, 2.05) is 7.05 Å². The molecule has 1 saturated carbocycles. The van der Waals surface area contributed by atoms with E-state index in [9.17, 15) is 8.42 Å². The maximum atomic E-state index is 11.2. The van der Waals surface area contributed by atoms with Gasteiger partial charge in [-0.3, -0.25) is 0 Å². The fraction of sp³-hybridized carbons (Fsp3) is 1.00. The Kier molecular flexibility index (Phi) is 6.52. The average molecular weight is 304 g/mol. The summed E-state index contributed by atoms with van der Waals surface area (Å²) in [6.45, 7) is 7.04. The lowest BCUT2D eigenvalue weighted by molar-refractivity contribution is 0.132. The lowest BCUT2D eigenvalue weighted by atomic mass is 9.68. The molecule has 1 aliphatic rings. The van der Waals surface area contributed by atoms with Gasteiger partial charge in [0, 0.05) is 18.1 Å². The van der Waals surface area contributed by atoms with Crippen LogP contribution in [0, 0.1) is 17.3 Å². The zero-order valence-electron chi connectivity index (χ0n) is 13.9. The molecule has 0 aromatic rings. The van der Waals surface area contributed by atoms with E-state index < -0.39 is 9.84 Å². The van der Waals surface area contributed by atoms with Gasteiger partial charge < -0.3 is 5.32 Å². The van der Waals surface area contributed by atoms with E-state index in [0.717, 1.165) is 24.7 Å². The van der Waals surface area contributed by atoms with E-state index >= 15 is 0 Å². The van der Waals surface area contributed by atoms with Crippen molar-refractivity contribution in [1.29, 1.82) is 0 Å². The highest BCUT2D eigenvalue weighted by Gasteiger charge is 2.32. The zero-order valence-corrected chi connectivity index (χ0v) is 14.7. The van der Waals surface area contributed by atoms with Crippen molar-refractivity contribution in [2.45, 2.75) is 65.3 Å². The first-order valence-corrected chi connectivity index (χ1v) is 10.0. The molecule has 1 aliphatic carbocycles. The number of sulfone groups is 1. The van der Waals surface area contributed by atoms with Gasteiger partial charge in [-0.05, 0) is 62.8 Å². The Bertz CT molecular complexity index is 376. The molecule has 0 amide bonds. The Balaban J connectivity index is 2.41. The summed E-state index contributed by atoms with van der Waals surface area (Å²) in [5, 5.41) is 3.42. The Morgan fingerprint density at radius 1 is 1.15 bits per heavy atom. The quantitative estimate of drug-likeness (QED) is 0.819. The topological polar surface area (TPSA) is 46.2 Å². The van der Waals surface area contributed by atoms with Crippen LogP contribution in [0.5, 0.6) is 0 Å². The van der Waals surface area contributed by atoms with Crippen molar-refractivity contribution in [2.75, 3.05) is 19.1 Å². The van der Waals surface area contributed by atoms with Crippen molar-refractivity contribution in [1.82, 2.24) is 5.32 Å². The molecule has 0 bridgehead atoms. The number of rotatable bonds is 6. The lowest BCUT2D eigenvalue weighted by Gasteiger charge is -2.39. The molecule has 1 atom stereocenters. The molecule has 0 radical (unpaired) electrons. The van der Waals surface area contributed by atoms with Crippen LogP contribution in [0.2, 0.25) is 0 Å². The van der Waals surface area contributed by atoms with Crippen LogP contribution in [-0.2, 0) is 9.84 Å². The van der Waals surface area contributed by atoms with Crippen molar-refractivity contribution in [3.8, 4) is 0 Å². The molecule has 1 fully saturated rings. The molecule has 1 unspecified atom stereocenters. The predicted molar refractivity (Wildman–Crippen MR) is 86.7 cm³/mol. The minimum atomic E-state index is -2.81. The summed E-state index contributed by atoms with van der Waals surface area (Å²) < 4.78 is 22.4. The fourth-order valence-corrected chi connectivity index (χ4v) is 4.26. The van der Waals surface area contributed by atoms with Gasteiger partial charge in [0.1, 0.15) is 9.84 Å². The van der Waals surface area contributed by atoms with Crippen LogP contribution in [0.25, 0.3) is 0 Å². The van der Waals surface area contributed by atoms with E-state index in [2.05, 4.69) is 26.1 Å². The van der Waals surface area contributed by atoms with Crippen LogP contribution in [0.15, 0.2) is 0 Å². The largest absolute Gasteiger partial charge is 0.317 e. The van der Waals surface area contributed by atoms with Crippen LogP contribution >= 0.6 is 0 Å². The molecule has 120 valence electrons. The van der Waals surface area contributed by atoms with Crippen molar-refractivity contribution >= 4 is 9.84 Å². The van der Waals surface area contributed by atoms with Gasteiger partial charge in [0.15, 0.2) is 0 Å². The van der Waals surface area contributed by atoms with Gasteiger partial charge in [0.25, 0.3) is 0 Å². The van der Waals surface area contributed by atoms with Crippen LogP contribution in [0.1, 0.15) is 59.3 Å². The predicted octanol–water partition coefficient (Wildman–Crippen LogP) is 3.25. The van der Waals surface area contributed by atoms with Gasteiger partial charge in [0.05, 0.1) is 0 Å². The second-order valence-electron chi connectivity index (χ2n) is 7.65. The Morgan fingerprint density at radius 2 is 1.70 bits per heavy atom. The van der Waals surface area contributed by atoms with Gasteiger partial charge >= 0.3 is 0 Å². The molecule has 0 aromatic carbocycles. The first kappa shape index (κ1) is 18.0. The van der Waals surface area contributed by atoms with Crippen LogP contribution in [0.3, 0.4) is 0 Å². The molecule has 1 rings (SSSR count). The molecule has 0 heterocycles. The first-order valence-electron chi connectivity index (χ1n) is 7.98. The summed E-state index contributed by atoms with van der Waals surface area (Å²) >= 11 is 0. The molecule has 1 N–H and O–H groups in total. The van der Waals surface area contributed by atoms with Crippen LogP contribution in [0.4, 0.5) is 0 Å². The number of hydrogen-bond acceptors (Lipinski definition) is 3. The van der Waals surface area contributed by atoms with Gasteiger partial charge in [0.2, 0.25) is 0 Å². The highest BCUT2D eigenvalue weighted by atomic mass is 32.2. The molecule has 0 spiro atoms. The molecule has 4 heteroatoms. The third kappa shape index (κ3) is 6.13. The molecular weight excluding hydrogens is 270 g/mol. The van der Waals surface area contributed by atoms with Gasteiger partial charge in [-0.15, -0.1) is 0 Å². The third-order valence-electron chi connectivity index (χ3n) is 4.97. The van der Waals surface area contributed by atoms with Crippen LogP contribution < -0.4 is 5.32 Å². The van der Waals surface area contributed by atoms with Gasteiger partial charge in [-0.1, -0.05) is 20.8 Å². The van der Waals surface area contributed by atoms with Crippen molar-refractivity contribution < 1.29 is 8.42 Å². The van der Waals surface area contributed by atoms with E-state index in [0.29, 0.717) is 17.2 Å². The monoisotopic (exact) mass is 303 g/mol. The third-order valence-corrected chi connectivity index (χ3v) is 6.00. The van der Waals surface area contributed by atoms with Crippen molar-refractivity contribution in [3.63, 3.8) is 0 Å². The highest BCUT2D eigenvalue weighted by Crippen LogP contribution is 2.41. The Hall–Kier alpha value is -0.0900. The summed E-state index contributed by atoms with van der Waals surface area (Å²) in [6.07, 6.45) is 8.30. The standard InChI is InChI=1S/C16H33NO2S/c1-16(2,3)14-10-8-13(9-11-14)15(17-4)7-6-12-20(5,18)19/h13-15,17H,6-12H2,1-5H3. The normalized spacial score (nSPS) is 26.4. The molecule has 3 nitrogen and oxygen atoms in total. The van der Waals surface area contributed by atoms with E-state index in [4.69, 9.17) is 0 Å². The zero-order chi connectivity index (χ0) is 15.4. The van der Waals surface area contributed by atoms with E-state index in [1.54, 1.807) is 0 Å².